The summed E-state index contributed by atoms with van der Waals surface area (Å²) in [6.45, 7) is 0. The summed E-state index contributed by atoms with van der Waals surface area (Å²) in [7, 11) is 0. The molecule has 0 radical (unpaired) electrons. The maximum Gasteiger partial charge on any atom is 0.434 e. The highest BCUT2D eigenvalue weighted by atomic mass is 32.1. The van der Waals surface area contributed by atoms with Crippen molar-refractivity contribution in [2.75, 3.05) is 5.73 Å². The Kier molecular flexibility index (Phi) is 2.59. The molecule has 1 aromatic heterocycles. The summed E-state index contributed by atoms with van der Waals surface area (Å²) < 4.78 is 37.9. The maximum atomic E-state index is 12.6. The second kappa shape index (κ2) is 3.79. The molecule has 1 aromatic carbocycles. The fourth-order valence-electron chi connectivity index (χ4n) is 1.31. The second-order valence-corrected chi connectivity index (χ2v) is 4.12. The van der Waals surface area contributed by atoms with E-state index in [1.54, 1.807) is 30.3 Å². The summed E-state index contributed by atoms with van der Waals surface area (Å²) in [6, 6.07) is 8.28. The van der Waals surface area contributed by atoms with Gasteiger partial charge in [-0.3, -0.25) is 0 Å². The highest BCUT2D eigenvalue weighted by Gasteiger charge is 2.37. The number of benzene rings is 1. The van der Waals surface area contributed by atoms with Gasteiger partial charge in [-0.15, -0.1) is 0 Å². The molecule has 0 aliphatic heterocycles. The Hall–Kier alpha value is -1.56. The van der Waals surface area contributed by atoms with Crippen LogP contribution < -0.4 is 5.73 Å². The van der Waals surface area contributed by atoms with Crippen molar-refractivity contribution in [2.45, 2.75) is 6.18 Å². The molecule has 0 amide bonds. The number of hydrogen-bond donors (Lipinski definition) is 1. The average Bonchev–Trinajstić information content (AvgIpc) is 2.61. The average molecular weight is 244 g/mol. The molecule has 16 heavy (non-hydrogen) atoms. The van der Waals surface area contributed by atoms with Crippen LogP contribution in [0.2, 0.25) is 0 Å². The van der Waals surface area contributed by atoms with Gasteiger partial charge in [0.1, 0.15) is 0 Å². The highest BCUT2D eigenvalue weighted by Crippen LogP contribution is 2.40. The molecule has 0 saturated carbocycles. The molecule has 84 valence electrons. The van der Waals surface area contributed by atoms with Crippen LogP contribution in [0.1, 0.15) is 5.69 Å². The molecule has 0 saturated heterocycles. The fraction of sp³-hybridized carbons (Fsp3) is 0.100. The van der Waals surface area contributed by atoms with E-state index >= 15 is 0 Å². The number of hydrogen-bond acceptors (Lipinski definition) is 3. The first-order chi connectivity index (χ1) is 7.48. The Bertz CT molecular complexity index is 491. The molecule has 0 spiro atoms. The number of nitrogens with two attached hydrogens (primary N) is 1. The molecule has 0 aliphatic carbocycles. The molecule has 0 fully saturated rings. The standard InChI is InChI=1S/C10H7F3N2S/c11-10(12,13)8-7(16-9(14)15-8)6-4-2-1-3-5-6/h1-5H,(H2,14,15). The van der Waals surface area contributed by atoms with Crippen molar-refractivity contribution in [3.05, 3.63) is 36.0 Å². The molecule has 0 atom stereocenters. The first kappa shape index (κ1) is 10.9. The van der Waals surface area contributed by atoms with Crippen LogP contribution in [0.3, 0.4) is 0 Å². The van der Waals surface area contributed by atoms with E-state index < -0.39 is 11.9 Å². The minimum Gasteiger partial charge on any atom is -0.375 e. The molecule has 0 unspecified atom stereocenters. The van der Waals surface area contributed by atoms with Crippen LogP contribution in [0.5, 0.6) is 0 Å². The number of thiazole rings is 1. The first-order valence-electron chi connectivity index (χ1n) is 4.37. The molecular formula is C10H7F3N2S. The van der Waals surface area contributed by atoms with E-state index in [9.17, 15) is 13.2 Å². The lowest BCUT2D eigenvalue weighted by atomic mass is 10.1. The van der Waals surface area contributed by atoms with Crippen LogP contribution in [0, 0.1) is 0 Å². The summed E-state index contributed by atoms with van der Waals surface area (Å²) in [5.74, 6) is 0. The Morgan fingerprint density at radius 3 is 2.31 bits per heavy atom. The van der Waals surface area contributed by atoms with Gasteiger partial charge in [-0.25, -0.2) is 4.98 Å². The molecule has 2 aromatic rings. The third-order valence-corrected chi connectivity index (χ3v) is 2.88. The first-order valence-corrected chi connectivity index (χ1v) is 5.19. The summed E-state index contributed by atoms with van der Waals surface area (Å²) in [4.78, 5) is 3.39. The predicted octanol–water partition coefficient (Wildman–Crippen LogP) is 3.41. The van der Waals surface area contributed by atoms with Gasteiger partial charge < -0.3 is 5.73 Å². The van der Waals surface area contributed by atoms with E-state index in [4.69, 9.17) is 5.73 Å². The fourth-order valence-corrected chi connectivity index (χ4v) is 2.17. The molecular weight excluding hydrogens is 237 g/mol. The SMILES string of the molecule is Nc1nc(C(F)(F)F)c(-c2ccccc2)s1. The lowest BCUT2D eigenvalue weighted by Crippen LogP contribution is -2.07. The number of rotatable bonds is 1. The maximum absolute atomic E-state index is 12.6. The minimum absolute atomic E-state index is 0.0607. The highest BCUT2D eigenvalue weighted by molar-refractivity contribution is 7.18. The zero-order valence-corrected chi connectivity index (χ0v) is 8.77. The van der Waals surface area contributed by atoms with Crippen molar-refractivity contribution in [2.24, 2.45) is 0 Å². The van der Waals surface area contributed by atoms with Crippen LogP contribution in [-0.4, -0.2) is 4.98 Å². The van der Waals surface area contributed by atoms with Crippen LogP contribution in [0.4, 0.5) is 18.3 Å². The smallest absolute Gasteiger partial charge is 0.375 e. The summed E-state index contributed by atoms with van der Waals surface area (Å²) in [6.07, 6.45) is -4.47. The predicted molar refractivity (Wildman–Crippen MR) is 57.0 cm³/mol. The van der Waals surface area contributed by atoms with Gasteiger partial charge in [0.2, 0.25) is 0 Å². The number of halogens is 3. The number of nitrogen functional groups attached to an aromatic ring is 1. The topological polar surface area (TPSA) is 38.9 Å². The van der Waals surface area contributed by atoms with Crippen molar-refractivity contribution in [1.82, 2.24) is 4.98 Å². The molecule has 0 bridgehead atoms. The molecule has 0 aliphatic rings. The normalized spacial score (nSPS) is 11.7. The Balaban J connectivity index is 2.58. The number of aromatic nitrogens is 1. The van der Waals surface area contributed by atoms with Crippen molar-refractivity contribution in [3.8, 4) is 10.4 Å². The van der Waals surface area contributed by atoms with Crippen LogP contribution in [0.25, 0.3) is 10.4 Å². The number of alkyl halides is 3. The Morgan fingerprint density at radius 2 is 1.75 bits per heavy atom. The third kappa shape index (κ3) is 2.01. The molecule has 1 heterocycles. The number of anilines is 1. The third-order valence-electron chi connectivity index (χ3n) is 1.95. The zero-order valence-electron chi connectivity index (χ0n) is 7.95. The minimum atomic E-state index is -4.47. The van der Waals surface area contributed by atoms with Gasteiger partial charge >= 0.3 is 6.18 Å². The van der Waals surface area contributed by atoms with Crippen LogP contribution in [-0.2, 0) is 6.18 Å². The van der Waals surface area contributed by atoms with Crippen molar-refractivity contribution < 1.29 is 13.2 Å². The summed E-state index contributed by atoms with van der Waals surface area (Å²) >= 11 is 0.841. The monoisotopic (exact) mass is 244 g/mol. The summed E-state index contributed by atoms with van der Waals surface area (Å²) in [5, 5.41) is -0.0776. The second-order valence-electron chi connectivity index (χ2n) is 3.09. The summed E-state index contributed by atoms with van der Waals surface area (Å²) in [5.41, 5.74) is 4.88. The largest absolute Gasteiger partial charge is 0.434 e. The van der Waals surface area contributed by atoms with Crippen LogP contribution >= 0.6 is 11.3 Å². The molecule has 2 N–H and O–H groups in total. The van der Waals surface area contributed by atoms with Gasteiger partial charge in [0, 0.05) is 0 Å². The van der Waals surface area contributed by atoms with Crippen molar-refractivity contribution in [3.63, 3.8) is 0 Å². The van der Waals surface area contributed by atoms with Crippen LogP contribution in [0.15, 0.2) is 30.3 Å². The Labute approximate surface area is 93.5 Å². The van der Waals surface area contributed by atoms with E-state index in [1.165, 1.54) is 0 Å². The van der Waals surface area contributed by atoms with Gasteiger partial charge in [0.15, 0.2) is 10.8 Å². The van der Waals surface area contributed by atoms with E-state index in [1.807, 2.05) is 0 Å². The quantitative estimate of drug-likeness (QED) is 0.834. The lowest BCUT2D eigenvalue weighted by molar-refractivity contribution is -0.140. The Morgan fingerprint density at radius 1 is 1.12 bits per heavy atom. The molecule has 2 rings (SSSR count). The van der Waals surface area contributed by atoms with E-state index in [0.29, 0.717) is 5.56 Å². The lowest BCUT2D eigenvalue weighted by Gasteiger charge is -2.05. The zero-order chi connectivity index (χ0) is 11.8. The van der Waals surface area contributed by atoms with E-state index in [2.05, 4.69) is 4.98 Å². The van der Waals surface area contributed by atoms with Crippen molar-refractivity contribution in [1.29, 1.82) is 0 Å². The number of nitrogens with zero attached hydrogens (tertiary/aromatic N) is 1. The van der Waals surface area contributed by atoms with Gasteiger partial charge in [0.25, 0.3) is 0 Å². The van der Waals surface area contributed by atoms with E-state index in [-0.39, 0.29) is 10.0 Å². The van der Waals surface area contributed by atoms with Crippen molar-refractivity contribution >= 4 is 16.5 Å². The van der Waals surface area contributed by atoms with Gasteiger partial charge in [0.05, 0.1) is 4.88 Å². The van der Waals surface area contributed by atoms with Gasteiger partial charge in [-0.05, 0) is 5.56 Å². The molecule has 2 nitrogen and oxygen atoms in total. The molecule has 6 heteroatoms. The van der Waals surface area contributed by atoms with E-state index in [0.717, 1.165) is 11.3 Å². The van der Waals surface area contributed by atoms with Gasteiger partial charge in [-0.2, -0.15) is 13.2 Å². The van der Waals surface area contributed by atoms with Gasteiger partial charge in [-0.1, -0.05) is 41.7 Å².